The summed E-state index contributed by atoms with van der Waals surface area (Å²) in [5, 5.41) is 13.7. The first kappa shape index (κ1) is 11.2. The van der Waals surface area contributed by atoms with Gasteiger partial charge >= 0.3 is 0 Å². The van der Waals surface area contributed by atoms with Crippen LogP contribution >= 0.6 is 11.8 Å². The Kier molecular flexibility index (Phi) is 3.96. The molecule has 1 heterocycles. The molecule has 0 bridgehead atoms. The lowest BCUT2D eigenvalue weighted by Gasteiger charge is -2.14. The molecule has 0 atom stereocenters. The highest BCUT2D eigenvalue weighted by Crippen LogP contribution is 2.13. The second-order valence-electron chi connectivity index (χ2n) is 3.24. The van der Waals surface area contributed by atoms with Crippen LogP contribution in [0.1, 0.15) is 5.56 Å². The van der Waals surface area contributed by atoms with E-state index in [1.807, 2.05) is 30.3 Å². The molecule has 84 valence electrons. The van der Waals surface area contributed by atoms with Crippen molar-refractivity contribution < 1.29 is 5.11 Å². The van der Waals surface area contributed by atoms with Crippen molar-refractivity contribution in [2.45, 2.75) is 0 Å². The van der Waals surface area contributed by atoms with E-state index in [1.54, 1.807) is 11.8 Å². The van der Waals surface area contributed by atoms with Gasteiger partial charge in [-0.3, -0.25) is 10.4 Å². The number of rotatable bonds is 3. The predicted molar refractivity (Wildman–Crippen MR) is 68.0 cm³/mol. The molecule has 0 saturated carbocycles. The maximum Gasteiger partial charge on any atom is 0.177 e. The standard InChI is InChI=1S/C11H13N3OS/c15-7-6-12-11-14-13-10(8-16-11)9-4-2-1-3-5-9/h1-5,15H,6-8H2,(H,12,14). The third-order valence-electron chi connectivity index (χ3n) is 2.09. The van der Waals surface area contributed by atoms with E-state index < -0.39 is 0 Å². The van der Waals surface area contributed by atoms with E-state index in [9.17, 15) is 0 Å². The van der Waals surface area contributed by atoms with Crippen LogP contribution in [0.3, 0.4) is 0 Å². The van der Waals surface area contributed by atoms with Crippen molar-refractivity contribution in [3.63, 3.8) is 0 Å². The van der Waals surface area contributed by atoms with Gasteiger partial charge in [-0.2, -0.15) is 5.10 Å². The van der Waals surface area contributed by atoms with Crippen LogP contribution in [0.4, 0.5) is 0 Å². The van der Waals surface area contributed by atoms with Crippen LogP contribution in [0.5, 0.6) is 0 Å². The molecular formula is C11H13N3OS. The van der Waals surface area contributed by atoms with E-state index in [-0.39, 0.29) is 6.61 Å². The first-order valence-electron chi connectivity index (χ1n) is 5.06. The van der Waals surface area contributed by atoms with Crippen molar-refractivity contribution in [1.29, 1.82) is 0 Å². The van der Waals surface area contributed by atoms with E-state index in [1.165, 1.54) is 0 Å². The Balaban J connectivity index is 2.04. The number of nitrogens with zero attached hydrogens (tertiary/aromatic N) is 2. The molecule has 0 aromatic heterocycles. The molecule has 1 aromatic carbocycles. The van der Waals surface area contributed by atoms with Gasteiger partial charge in [0.15, 0.2) is 5.17 Å². The molecule has 0 unspecified atom stereocenters. The van der Waals surface area contributed by atoms with Crippen molar-refractivity contribution in [2.24, 2.45) is 10.1 Å². The number of aliphatic hydroxyl groups is 1. The van der Waals surface area contributed by atoms with Crippen LogP contribution in [0, 0.1) is 0 Å². The zero-order valence-corrected chi connectivity index (χ0v) is 9.57. The molecule has 0 fully saturated rings. The van der Waals surface area contributed by atoms with Gasteiger partial charge in [-0.15, -0.1) is 0 Å². The third kappa shape index (κ3) is 2.84. The maximum absolute atomic E-state index is 8.65. The summed E-state index contributed by atoms with van der Waals surface area (Å²) in [4.78, 5) is 4.14. The molecule has 0 saturated heterocycles. The molecular weight excluding hydrogens is 222 g/mol. The number of hydrogen-bond donors (Lipinski definition) is 2. The first-order valence-corrected chi connectivity index (χ1v) is 6.05. The minimum absolute atomic E-state index is 0.0704. The van der Waals surface area contributed by atoms with Gasteiger partial charge in [0, 0.05) is 5.75 Å². The van der Waals surface area contributed by atoms with E-state index in [0.29, 0.717) is 6.54 Å². The van der Waals surface area contributed by atoms with Gasteiger partial charge in [-0.25, -0.2) is 0 Å². The van der Waals surface area contributed by atoms with Gasteiger partial charge in [0.25, 0.3) is 0 Å². The molecule has 4 nitrogen and oxygen atoms in total. The summed E-state index contributed by atoms with van der Waals surface area (Å²) in [6.07, 6.45) is 0. The number of aliphatic hydroxyl groups excluding tert-OH is 1. The van der Waals surface area contributed by atoms with E-state index in [4.69, 9.17) is 5.11 Å². The number of thioether (sulfide) groups is 1. The summed E-state index contributed by atoms with van der Waals surface area (Å²) in [5.41, 5.74) is 5.04. The Labute approximate surface area is 98.5 Å². The zero-order valence-electron chi connectivity index (χ0n) is 8.76. The number of amidine groups is 1. The highest BCUT2D eigenvalue weighted by molar-refractivity contribution is 8.14. The molecule has 1 aliphatic heterocycles. The largest absolute Gasteiger partial charge is 0.394 e. The maximum atomic E-state index is 8.65. The fourth-order valence-corrected chi connectivity index (χ4v) is 2.12. The van der Waals surface area contributed by atoms with E-state index in [2.05, 4.69) is 15.5 Å². The number of nitrogens with one attached hydrogen (secondary N) is 1. The summed E-state index contributed by atoms with van der Waals surface area (Å²) in [5.74, 6) is 0.807. The number of benzene rings is 1. The Bertz CT molecular complexity index is 403. The quantitative estimate of drug-likeness (QED) is 0.824. The average molecular weight is 235 g/mol. The van der Waals surface area contributed by atoms with Gasteiger partial charge in [0.2, 0.25) is 0 Å². The molecule has 0 radical (unpaired) electrons. The fourth-order valence-electron chi connectivity index (χ4n) is 1.33. The van der Waals surface area contributed by atoms with Gasteiger partial charge in [0.1, 0.15) is 0 Å². The molecule has 0 amide bonds. The van der Waals surface area contributed by atoms with Crippen molar-refractivity contribution in [2.75, 3.05) is 18.9 Å². The lowest BCUT2D eigenvalue weighted by Crippen LogP contribution is -2.25. The van der Waals surface area contributed by atoms with Crippen LogP contribution in [0.15, 0.2) is 40.4 Å². The van der Waals surface area contributed by atoms with Gasteiger partial charge < -0.3 is 5.11 Å². The Morgan fingerprint density at radius 2 is 2.19 bits per heavy atom. The molecule has 5 heteroatoms. The molecule has 1 aromatic rings. The van der Waals surface area contributed by atoms with Gasteiger partial charge in [-0.1, -0.05) is 42.1 Å². The smallest absolute Gasteiger partial charge is 0.177 e. The van der Waals surface area contributed by atoms with E-state index >= 15 is 0 Å². The summed E-state index contributed by atoms with van der Waals surface area (Å²) < 4.78 is 0. The van der Waals surface area contributed by atoms with Crippen LogP contribution in [0.25, 0.3) is 0 Å². The fraction of sp³-hybridized carbons (Fsp3) is 0.273. The summed E-state index contributed by atoms with van der Waals surface area (Å²) in [6.45, 7) is 0.493. The molecule has 0 spiro atoms. The average Bonchev–Trinajstić information content (AvgIpc) is 2.38. The molecule has 0 aliphatic carbocycles. The Morgan fingerprint density at radius 1 is 1.38 bits per heavy atom. The van der Waals surface area contributed by atoms with E-state index in [0.717, 1.165) is 22.2 Å². The van der Waals surface area contributed by atoms with Crippen molar-refractivity contribution in [3.05, 3.63) is 35.9 Å². The number of aliphatic imine (C=N–C) groups is 1. The third-order valence-corrected chi connectivity index (χ3v) is 3.01. The minimum atomic E-state index is 0.0704. The highest BCUT2D eigenvalue weighted by Gasteiger charge is 2.11. The highest BCUT2D eigenvalue weighted by atomic mass is 32.2. The lowest BCUT2D eigenvalue weighted by molar-refractivity contribution is 0.307. The monoisotopic (exact) mass is 235 g/mol. The van der Waals surface area contributed by atoms with Crippen LogP contribution in [-0.4, -0.2) is 34.9 Å². The second kappa shape index (κ2) is 5.67. The number of hydrogen-bond acceptors (Lipinski definition) is 4. The van der Waals surface area contributed by atoms with Crippen LogP contribution < -0.4 is 5.43 Å². The minimum Gasteiger partial charge on any atom is -0.394 e. The molecule has 2 rings (SSSR count). The first-order chi connectivity index (χ1) is 7.90. The summed E-state index contributed by atoms with van der Waals surface area (Å²) in [6, 6.07) is 10.1. The Hall–Kier alpha value is -1.33. The van der Waals surface area contributed by atoms with Gasteiger partial charge in [0.05, 0.1) is 18.9 Å². The molecule has 16 heavy (non-hydrogen) atoms. The predicted octanol–water partition coefficient (Wildman–Crippen LogP) is 1.08. The van der Waals surface area contributed by atoms with Gasteiger partial charge in [-0.05, 0) is 5.56 Å². The summed E-state index contributed by atoms with van der Waals surface area (Å²) in [7, 11) is 0. The second-order valence-corrected chi connectivity index (χ2v) is 4.20. The van der Waals surface area contributed by atoms with Crippen LogP contribution in [-0.2, 0) is 0 Å². The van der Waals surface area contributed by atoms with Crippen molar-refractivity contribution in [1.82, 2.24) is 5.43 Å². The SMILES string of the molecule is OCCN=C1NN=C(c2ccccc2)CS1. The zero-order chi connectivity index (χ0) is 11.2. The molecule has 1 aliphatic rings. The van der Waals surface area contributed by atoms with Crippen molar-refractivity contribution >= 4 is 22.6 Å². The normalized spacial score (nSPS) is 18.1. The summed E-state index contributed by atoms with van der Waals surface area (Å²) >= 11 is 1.60. The topological polar surface area (TPSA) is 57.0 Å². The van der Waals surface area contributed by atoms with Crippen LogP contribution in [0.2, 0.25) is 0 Å². The molecule has 2 N–H and O–H groups in total. The number of hydrazone groups is 1. The van der Waals surface area contributed by atoms with Crippen molar-refractivity contribution in [3.8, 4) is 0 Å². The Morgan fingerprint density at radius 3 is 2.81 bits per heavy atom. The lowest BCUT2D eigenvalue weighted by atomic mass is 10.1.